The molecule has 13 heteroatoms. The molecule has 3 heterocycles. The summed E-state index contributed by atoms with van der Waals surface area (Å²) in [5.74, 6) is -0.923. The Balaban J connectivity index is 1.55. The van der Waals surface area contributed by atoms with Gasteiger partial charge in [0.1, 0.15) is 18.3 Å². The number of amides is 1. The van der Waals surface area contributed by atoms with E-state index in [9.17, 15) is 35.1 Å². The second-order valence-corrected chi connectivity index (χ2v) is 13.8. The van der Waals surface area contributed by atoms with Gasteiger partial charge < -0.3 is 54.2 Å². The molecule has 4 aliphatic rings. The largest absolute Gasteiger partial charge is 0.486 e. The van der Waals surface area contributed by atoms with Crippen molar-refractivity contribution in [2.45, 2.75) is 101 Å². The first-order chi connectivity index (χ1) is 22.5. The molecule has 6 N–H and O–H groups in total. The lowest BCUT2D eigenvalue weighted by Gasteiger charge is -2.47. The number of hydrogen-bond acceptors (Lipinski definition) is 12. The molecule has 2 aromatic rings. The maximum absolute atomic E-state index is 13.3. The highest BCUT2D eigenvalue weighted by Crippen LogP contribution is 2.57. The lowest BCUT2D eigenvalue weighted by molar-refractivity contribution is -0.323. The lowest BCUT2D eigenvalue weighted by atomic mass is 9.72. The van der Waals surface area contributed by atoms with Crippen molar-refractivity contribution in [3.63, 3.8) is 0 Å². The SMILES string of the molecule is CCOC(=O)[C@H]1Cc2c(O[C@H]3O[C@H](CO)[C@@H](O)[C@H](O)[C@]3(O)CCO)c(OCCCC(C)C)c3occ4c3c2[C@@H](C1)C[C@H]1C(=O)NC[C@@H]41. The Morgan fingerprint density at radius 2 is 1.96 bits per heavy atom. The smallest absolute Gasteiger partial charge is 0.309 e. The zero-order chi connectivity index (χ0) is 33.6. The Labute approximate surface area is 273 Å². The maximum atomic E-state index is 13.3. The zero-order valence-electron chi connectivity index (χ0n) is 27.1. The highest BCUT2D eigenvalue weighted by Gasteiger charge is 2.56. The van der Waals surface area contributed by atoms with E-state index in [1.165, 1.54) is 0 Å². The van der Waals surface area contributed by atoms with Gasteiger partial charge in [-0.15, -0.1) is 0 Å². The average molecular weight is 662 g/mol. The van der Waals surface area contributed by atoms with Crippen LogP contribution in [0.2, 0.25) is 0 Å². The fraction of sp³-hybridized carbons (Fsp3) is 0.706. The molecule has 2 aliphatic heterocycles. The summed E-state index contributed by atoms with van der Waals surface area (Å²) >= 11 is 0. The molecule has 260 valence electrons. The molecule has 1 aromatic heterocycles. The van der Waals surface area contributed by atoms with Crippen molar-refractivity contribution in [1.29, 1.82) is 0 Å². The molecule has 47 heavy (non-hydrogen) atoms. The van der Waals surface area contributed by atoms with Gasteiger partial charge in [0.25, 0.3) is 0 Å². The number of nitrogens with one attached hydrogen (secondary N) is 1. The van der Waals surface area contributed by atoms with Gasteiger partial charge >= 0.3 is 5.97 Å². The molecule has 2 saturated heterocycles. The number of carbonyl (C=O) groups is 2. The molecule has 9 atom stereocenters. The molecule has 0 bridgehead atoms. The molecule has 0 saturated carbocycles. The standard InChI is InChI=1S/C34H47NO12/c1-4-43-32(41)18-10-17-11-19-21(13-35-31(19)40)22-15-45-28-25(22)24(17)20(12-18)27(29(28)44-9-5-6-16(2)3)47-33-34(42,7-8-36)30(39)26(38)23(14-37)46-33/h15-19,21,23,26,30,33,36-39,42H,4-14H2,1-3H3,(H,35,40)/t17-,18+,19+,21+,23+,26+,30-,33+,34+/m0/s1. The Bertz CT molecular complexity index is 1470. The van der Waals surface area contributed by atoms with E-state index in [1.54, 1.807) is 13.2 Å². The predicted molar refractivity (Wildman–Crippen MR) is 166 cm³/mol. The van der Waals surface area contributed by atoms with Gasteiger partial charge in [-0.05, 0) is 56.4 Å². The molecule has 2 aliphatic carbocycles. The molecular formula is C34H47NO12. The van der Waals surface area contributed by atoms with E-state index in [2.05, 4.69) is 19.2 Å². The third-order valence-corrected chi connectivity index (χ3v) is 10.4. The first kappa shape index (κ1) is 33.9. The fourth-order valence-corrected chi connectivity index (χ4v) is 8.02. The van der Waals surface area contributed by atoms with Crippen LogP contribution in [0.1, 0.15) is 81.4 Å². The van der Waals surface area contributed by atoms with Crippen LogP contribution in [0.4, 0.5) is 0 Å². The van der Waals surface area contributed by atoms with Crippen molar-refractivity contribution in [3.05, 3.63) is 23.0 Å². The Hall–Kier alpha value is -2.94. The monoisotopic (exact) mass is 661 g/mol. The maximum Gasteiger partial charge on any atom is 0.309 e. The first-order valence-electron chi connectivity index (χ1n) is 16.8. The average Bonchev–Trinajstić information content (AvgIpc) is 3.59. The second-order valence-electron chi connectivity index (χ2n) is 13.8. The summed E-state index contributed by atoms with van der Waals surface area (Å²) in [5, 5.41) is 57.0. The fourth-order valence-electron chi connectivity index (χ4n) is 8.02. The number of fused-ring (bicyclic) bond motifs is 2. The number of ether oxygens (including phenoxy) is 4. The van der Waals surface area contributed by atoms with Crippen LogP contribution in [0.5, 0.6) is 11.5 Å². The molecular weight excluding hydrogens is 614 g/mol. The summed E-state index contributed by atoms with van der Waals surface area (Å²) in [4.78, 5) is 26.4. The van der Waals surface area contributed by atoms with Crippen LogP contribution in [0.25, 0.3) is 11.0 Å². The molecule has 0 radical (unpaired) electrons. The minimum atomic E-state index is -2.29. The Kier molecular flexibility index (Phi) is 9.76. The molecule has 2 fully saturated rings. The highest BCUT2D eigenvalue weighted by atomic mass is 16.7. The van der Waals surface area contributed by atoms with Crippen LogP contribution < -0.4 is 14.8 Å². The number of carbonyl (C=O) groups excluding carboxylic acids is 2. The van der Waals surface area contributed by atoms with Gasteiger partial charge in [-0.2, -0.15) is 0 Å². The summed E-state index contributed by atoms with van der Waals surface area (Å²) in [6, 6.07) is 0. The van der Waals surface area contributed by atoms with E-state index in [4.69, 9.17) is 23.4 Å². The van der Waals surface area contributed by atoms with Gasteiger partial charge in [-0.3, -0.25) is 9.59 Å². The minimum absolute atomic E-state index is 0.0501. The number of benzene rings is 1. The summed E-state index contributed by atoms with van der Waals surface area (Å²) in [6.45, 7) is 5.67. The molecule has 0 unspecified atom stereocenters. The van der Waals surface area contributed by atoms with Crippen molar-refractivity contribution in [2.75, 3.05) is 33.0 Å². The van der Waals surface area contributed by atoms with Gasteiger partial charge in [0.2, 0.25) is 17.9 Å². The van der Waals surface area contributed by atoms with Gasteiger partial charge in [0.05, 0.1) is 32.0 Å². The van der Waals surface area contributed by atoms with E-state index < -0.39 is 55.8 Å². The summed E-state index contributed by atoms with van der Waals surface area (Å²) in [5.41, 5.74) is 0.475. The van der Waals surface area contributed by atoms with E-state index in [0.717, 1.165) is 22.9 Å². The van der Waals surface area contributed by atoms with Crippen LogP contribution in [-0.4, -0.2) is 101 Å². The van der Waals surface area contributed by atoms with Gasteiger partial charge in [0, 0.05) is 47.9 Å². The van der Waals surface area contributed by atoms with Crippen LogP contribution in [-0.2, 0) is 25.5 Å². The molecule has 13 nitrogen and oxygen atoms in total. The van der Waals surface area contributed by atoms with Gasteiger partial charge in [0.15, 0.2) is 16.9 Å². The number of hydrogen-bond donors (Lipinski definition) is 6. The van der Waals surface area contributed by atoms with Gasteiger partial charge in [-0.1, -0.05) is 13.8 Å². The minimum Gasteiger partial charge on any atom is -0.486 e. The third kappa shape index (κ3) is 5.89. The lowest BCUT2D eigenvalue weighted by Crippen LogP contribution is -2.68. The second kappa shape index (κ2) is 13.5. The summed E-state index contributed by atoms with van der Waals surface area (Å²) in [7, 11) is 0. The van der Waals surface area contributed by atoms with Crippen molar-refractivity contribution in [1.82, 2.24) is 5.32 Å². The summed E-state index contributed by atoms with van der Waals surface area (Å²) in [6.07, 6.45) is -2.49. The molecule has 1 aromatic carbocycles. The Morgan fingerprint density at radius 1 is 1.17 bits per heavy atom. The third-order valence-electron chi connectivity index (χ3n) is 10.4. The number of esters is 1. The molecule has 0 spiro atoms. The van der Waals surface area contributed by atoms with Crippen LogP contribution >= 0.6 is 0 Å². The number of rotatable bonds is 12. The predicted octanol–water partition coefficient (Wildman–Crippen LogP) is 1.62. The van der Waals surface area contributed by atoms with Crippen LogP contribution in [0.3, 0.4) is 0 Å². The topological polar surface area (TPSA) is 197 Å². The molecule has 1 amide bonds. The van der Waals surface area contributed by atoms with Crippen LogP contribution in [0.15, 0.2) is 10.7 Å². The Morgan fingerprint density at radius 3 is 2.66 bits per heavy atom. The van der Waals surface area contributed by atoms with Crippen molar-refractivity contribution >= 4 is 22.8 Å². The first-order valence-corrected chi connectivity index (χ1v) is 16.8. The van der Waals surface area contributed by atoms with E-state index in [1.807, 2.05) is 0 Å². The van der Waals surface area contributed by atoms with Crippen molar-refractivity contribution < 1.29 is 58.5 Å². The number of aliphatic hydroxyl groups is 5. The van der Waals surface area contributed by atoms with Crippen molar-refractivity contribution in [2.24, 2.45) is 17.8 Å². The molecule has 6 rings (SSSR count). The van der Waals surface area contributed by atoms with E-state index in [0.29, 0.717) is 49.5 Å². The van der Waals surface area contributed by atoms with E-state index in [-0.39, 0.29) is 54.2 Å². The highest BCUT2D eigenvalue weighted by molar-refractivity contribution is 5.97. The van der Waals surface area contributed by atoms with Crippen molar-refractivity contribution in [3.8, 4) is 11.5 Å². The normalized spacial score (nSPS) is 33.0. The zero-order valence-corrected chi connectivity index (χ0v) is 27.1. The number of aliphatic hydroxyl groups excluding tert-OH is 4. The summed E-state index contributed by atoms with van der Waals surface area (Å²) < 4.78 is 30.6. The van der Waals surface area contributed by atoms with Gasteiger partial charge in [-0.25, -0.2) is 0 Å². The van der Waals surface area contributed by atoms with E-state index >= 15 is 0 Å². The number of furan rings is 1. The van der Waals surface area contributed by atoms with Crippen LogP contribution in [0, 0.1) is 17.8 Å². The quantitative estimate of drug-likeness (QED) is 0.142.